The van der Waals surface area contributed by atoms with Crippen LogP contribution >= 0.6 is 0 Å². The second-order valence-electron chi connectivity index (χ2n) is 9.10. The Kier molecular flexibility index (Phi) is 6.26. The topological polar surface area (TPSA) is 78.5 Å². The molecule has 0 radical (unpaired) electrons. The molecule has 0 saturated carbocycles. The number of ether oxygens (including phenoxy) is 2. The standard InChI is InChI=1S/C28H27F3N6O2/c1-5-34(6-2)19-10-9-18-17-36-22(15-32)23(16-33)37-26(27(29,30)31)21-12-11-20(35(7-3)8-4)14-25(21)39-28(36,37)38-24(18)13-19/h9-14,17H,5-8H2,1-4H3/q+2. The average Bonchev–Trinajstić information content (AvgIpc) is 3.18. The molecule has 5 rings (SSSR count). The molecule has 0 N–H and O–H groups in total. The van der Waals surface area contributed by atoms with Gasteiger partial charge in [-0.2, -0.15) is 23.7 Å². The predicted octanol–water partition coefficient (Wildman–Crippen LogP) is 4.54. The summed E-state index contributed by atoms with van der Waals surface area (Å²) in [4.78, 5) is 4.05. The molecule has 3 heterocycles. The van der Waals surface area contributed by atoms with Crippen molar-refractivity contribution in [3.8, 4) is 23.6 Å². The van der Waals surface area contributed by atoms with Gasteiger partial charge in [0.1, 0.15) is 0 Å². The van der Waals surface area contributed by atoms with Crippen LogP contribution in [0.25, 0.3) is 0 Å². The maximum Gasteiger partial charge on any atom is 0.717 e. The zero-order valence-corrected chi connectivity index (χ0v) is 22.0. The lowest BCUT2D eigenvalue weighted by atomic mass is 10.0. The van der Waals surface area contributed by atoms with Gasteiger partial charge in [0.2, 0.25) is 0 Å². The maximum atomic E-state index is 14.9. The minimum atomic E-state index is -4.91. The zero-order valence-electron chi connectivity index (χ0n) is 22.0. The third-order valence-corrected chi connectivity index (χ3v) is 7.21. The van der Waals surface area contributed by atoms with Gasteiger partial charge in [-0.25, -0.2) is 0 Å². The van der Waals surface area contributed by atoms with Gasteiger partial charge < -0.3 is 19.3 Å². The quantitative estimate of drug-likeness (QED) is 0.505. The largest absolute Gasteiger partial charge is 0.717 e. The van der Waals surface area contributed by atoms with Gasteiger partial charge in [0.05, 0.1) is 11.1 Å². The van der Waals surface area contributed by atoms with Crippen LogP contribution in [0.5, 0.6) is 11.5 Å². The molecule has 0 fully saturated rings. The van der Waals surface area contributed by atoms with E-state index in [2.05, 4.69) is 4.90 Å². The van der Waals surface area contributed by atoms with E-state index in [1.165, 1.54) is 16.9 Å². The van der Waals surface area contributed by atoms with E-state index in [0.29, 0.717) is 42.0 Å². The van der Waals surface area contributed by atoms with Gasteiger partial charge in [0.25, 0.3) is 0 Å². The van der Waals surface area contributed by atoms with E-state index in [9.17, 15) is 23.7 Å². The van der Waals surface area contributed by atoms with E-state index in [0.717, 1.165) is 5.69 Å². The fraction of sp³-hybridized carbons (Fsp3) is 0.357. The van der Waals surface area contributed by atoms with Crippen molar-refractivity contribution < 1.29 is 31.8 Å². The van der Waals surface area contributed by atoms with Crippen LogP contribution in [0.1, 0.15) is 38.8 Å². The number of nitriles is 2. The van der Waals surface area contributed by atoms with Gasteiger partial charge in [0, 0.05) is 49.7 Å². The fourth-order valence-corrected chi connectivity index (χ4v) is 5.34. The number of rotatable bonds is 6. The predicted molar refractivity (Wildman–Crippen MR) is 138 cm³/mol. The molecule has 200 valence electrons. The van der Waals surface area contributed by atoms with Crippen LogP contribution in [0.4, 0.5) is 24.5 Å². The van der Waals surface area contributed by atoms with E-state index in [1.54, 1.807) is 30.3 Å². The van der Waals surface area contributed by atoms with Crippen LogP contribution in [-0.2, 0) is 0 Å². The minimum Gasteiger partial charge on any atom is -0.372 e. The number of hydrogen-bond acceptors (Lipinski definition) is 6. The number of alkyl halides is 3. The van der Waals surface area contributed by atoms with Crippen LogP contribution in [0.2, 0.25) is 0 Å². The summed E-state index contributed by atoms with van der Waals surface area (Å²) in [5.74, 6) is 0.197. The first-order valence-electron chi connectivity index (χ1n) is 12.8. The lowest BCUT2D eigenvalue weighted by Crippen LogP contribution is -2.63. The first-order valence-corrected chi connectivity index (χ1v) is 12.8. The highest BCUT2D eigenvalue weighted by molar-refractivity contribution is 6.04. The molecule has 0 aliphatic carbocycles. The summed E-state index contributed by atoms with van der Waals surface area (Å²) < 4.78 is 59.0. The minimum absolute atomic E-state index is 0.0683. The summed E-state index contributed by atoms with van der Waals surface area (Å²) in [6.45, 7) is 10.6. The molecule has 1 atom stereocenters. The Labute approximate surface area is 224 Å². The molecule has 2 aromatic rings. The van der Waals surface area contributed by atoms with E-state index in [-0.39, 0.29) is 22.8 Å². The molecule has 11 heteroatoms. The number of halogens is 3. The molecule has 0 amide bonds. The molecule has 1 spiro atoms. The molecule has 39 heavy (non-hydrogen) atoms. The van der Waals surface area contributed by atoms with E-state index < -0.39 is 23.6 Å². The lowest BCUT2D eigenvalue weighted by molar-refractivity contribution is -0.851. The lowest BCUT2D eigenvalue weighted by Gasteiger charge is -2.30. The molecule has 2 aromatic carbocycles. The van der Waals surface area contributed by atoms with Gasteiger partial charge >= 0.3 is 29.3 Å². The molecular formula is C28H27F3N6O2+2. The third-order valence-electron chi connectivity index (χ3n) is 7.21. The van der Waals surface area contributed by atoms with Crippen LogP contribution < -0.4 is 19.3 Å². The summed E-state index contributed by atoms with van der Waals surface area (Å²) in [6, 6.07) is 11.2. The Hall–Kier alpha value is -4.51. The van der Waals surface area contributed by atoms with Gasteiger partial charge in [-0.05, 0) is 61.1 Å². The molecule has 3 aliphatic heterocycles. The second-order valence-corrected chi connectivity index (χ2v) is 9.10. The zero-order chi connectivity index (χ0) is 28.1. The van der Waals surface area contributed by atoms with Crippen molar-refractivity contribution in [3.63, 3.8) is 0 Å². The molecule has 0 bridgehead atoms. The molecular weight excluding hydrogens is 509 g/mol. The summed E-state index contributed by atoms with van der Waals surface area (Å²) in [5, 5.41) is 20.0. The Balaban J connectivity index is 1.82. The van der Waals surface area contributed by atoms with E-state index in [4.69, 9.17) is 9.47 Å². The molecule has 1 unspecified atom stereocenters. The number of nitrogens with zero attached hydrogens (tertiary/aromatic N) is 6. The second kappa shape index (κ2) is 9.35. The number of anilines is 2. The van der Waals surface area contributed by atoms with Crippen molar-refractivity contribution in [3.05, 3.63) is 58.9 Å². The van der Waals surface area contributed by atoms with E-state index in [1.807, 2.05) is 44.7 Å². The highest BCUT2D eigenvalue weighted by Gasteiger charge is 2.78. The maximum absolute atomic E-state index is 14.9. The normalized spacial score (nSPS) is 18.9. The number of allylic oxidation sites excluding steroid dienone is 2. The number of benzene rings is 2. The van der Waals surface area contributed by atoms with Crippen molar-refractivity contribution in [1.82, 2.24) is 0 Å². The Morgan fingerprint density at radius 2 is 1.36 bits per heavy atom. The smallest absolute Gasteiger partial charge is 0.372 e. The van der Waals surface area contributed by atoms with Crippen molar-refractivity contribution in [2.45, 2.75) is 39.9 Å². The van der Waals surface area contributed by atoms with Crippen LogP contribution in [0, 0.1) is 22.7 Å². The van der Waals surface area contributed by atoms with Crippen LogP contribution in [-0.4, -0.2) is 59.5 Å². The van der Waals surface area contributed by atoms with Crippen molar-refractivity contribution >= 4 is 23.3 Å². The van der Waals surface area contributed by atoms with Gasteiger partial charge in [0.15, 0.2) is 29.9 Å². The highest BCUT2D eigenvalue weighted by atomic mass is 19.4. The fourth-order valence-electron chi connectivity index (χ4n) is 5.34. The van der Waals surface area contributed by atoms with Crippen LogP contribution in [0.3, 0.4) is 0 Å². The summed E-state index contributed by atoms with van der Waals surface area (Å²) >= 11 is 0. The Bertz CT molecular complexity index is 1530. The third kappa shape index (κ3) is 3.80. The summed E-state index contributed by atoms with van der Waals surface area (Å²) in [5.41, 5.74) is -0.196. The molecule has 3 aliphatic rings. The Morgan fingerprint density at radius 3 is 1.90 bits per heavy atom. The van der Waals surface area contributed by atoms with Crippen molar-refractivity contribution in [2.75, 3.05) is 36.0 Å². The van der Waals surface area contributed by atoms with Gasteiger partial charge in [-0.15, -0.1) is 0 Å². The average molecular weight is 537 g/mol. The van der Waals surface area contributed by atoms with E-state index >= 15 is 0 Å². The molecule has 8 nitrogen and oxygen atoms in total. The first-order chi connectivity index (χ1) is 18.7. The summed E-state index contributed by atoms with van der Waals surface area (Å²) in [6.07, 6.45) is -3.42. The number of fused-ring (bicyclic) bond motifs is 2. The van der Waals surface area contributed by atoms with Gasteiger partial charge in [-0.3, -0.25) is 0 Å². The molecule has 0 aromatic heterocycles. The number of hydrogen-bond donors (Lipinski definition) is 0. The highest BCUT2D eigenvalue weighted by Crippen LogP contribution is 2.46. The van der Waals surface area contributed by atoms with Crippen LogP contribution in [0.15, 0.2) is 47.8 Å². The van der Waals surface area contributed by atoms with Gasteiger partial charge in [-0.1, -0.05) is 0 Å². The SMILES string of the molecule is CCN(CC)c1ccc2c(c1)OC13Oc4cc(N(CC)CC)ccc4C(C(F)(F)F)=[N+]1C(C#N)=C(C#N)[N+]3=C2. The van der Waals surface area contributed by atoms with Crippen molar-refractivity contribution in [1.29, 1.82) is 10.5 Å². The van der Waals surface area contributed by atoms with Crippen molar-refractivity contribution in [2.24, 2.45) is 0 Å². The monoisotopic (exact) mass is 536 g/mol. The summed E-state index contributed by atoms with van der Waals surface area (Å²) in [7, 11) is 0. The molecule has 0 saturated heterocycles. The Morgan fingerprint density at radius 1 is 0.821 bits per heavy atom. The first kappa shape index (κ1) is 26.1.